The van der Waals surface area contributed by atoms with Crippen LogP contribution >= 0.6 is 0 Å². The summed E-state index contributed by atoms with van der Waals surface area (Å²) in [5.74, 6) is 0.399. The molecule has 0 amide bonds. The summed E-state index contributed by atoms with van der Waals surface area (Å²) < 4.78 is 40.7. The van der Waals surface area contributed by atoms with Gasteiger partial charge in [0.05, 0.1) is 25.0 Å². The average molecular weight is 366 g/mol. The van der Waals surface area contributed by atoms with Crippen LogP contribution in [0.25, 0.3) is 0 Å². The minimum atomic E-state index is -3.69. The maximum atomic E-state index is 12.6. The van der Waals surface area contributed by atoms with E-state index in [4.69, 9.17) is 9.47 Å². The normalized spacial score (nSPS) is 20.7. The Morgan fingerprint density at radius 1 is 1.36 bits per heavy atom. The van der Waals surface area contributed by atoms with Crippen molar-refractivity contribution >= 4 is 10.0 Å². The van der Waals surface area contributed by atoms with Crippen molar-refractivity contribution in [2.75, 3.05) is 13.2 Å². The first-order valence-corrected chi connectivity index (χ1v) is 9.77. The monoisotopic (exact) mass is 366 g/mol. The fraction of sp³-hybridized carbons (Fsp3) is 0.500. The number of nitrogens with zero attached hydrogens (tertiary/aromatic N) is 3. The summed E-state index contributed by atoms with van der Waals surface area (Å²) in [5, 5.41) is 4.23. The van der Waals surface area contributed by atoms with Crippen LogP contribution in [0.1, 0.15) is 31.9 Å². The number of sulfonamides is 1. The summed E-state index contributed by atoms with van der Waals surface area (Å²) in [6, 6.07) is 2.69. The first-order valence-electron chi connectivity index (χ1n) is 8.28. The minimum absolute atomic E-state index is 0.103. The van der Waals surface area contributed by atoms with Gasteiger partial charge in [0.15, 0.2) is 0 Å². The zero-order valence-electron chi connectivity index (χ0n) is 14.3. The fourth-order valence-electron chi connectivity index (χ4n) is 2.76. The molecule has 0 radical (unpaired) electrons. The number of ether oxygens (including phenoxy) is 2. The standard InChI is InChI=1S/C16H22N4O4S/c1-3-20-11-12(9-18-20)16-14(7-8-24-16)19-25(21,22)13-5-6-15(17-10-13)23-4-2/h5-6,9-11,14,16,19H,3-4,7-8H2,1-2H3/t14-,16+/m0/s1. The largest absolute Gasteiger partial charge is 0.478 e. The highest BCUT2D eigenvalue weighted by atomic mass is 32.2. The molecular weight excluding hydrogens is 344 g/mol. The fourth-order valence-corrected chi connectivity index (χ4v) is 3.98. The van der Waals surface area contributed by atoms with E-state index in [1.54, 1.807) is 16.9 Å². The smallest absolute Gasteiger partial charge is 0.242 e. The third-order valence-corrected chi connectivity index (χ3v) is 5.49. The highest BCUT2D eigenvalue weighted by Gasteiger charge is 2.34. The Morgan fingerprint density at radius 3 is 2.84 bits per heavy atom. The van der Waals surface area contributed by atoms with Crippen LogP contribution in [0.3, 0.4) is 0 Å². The van der Waals surface area contributed by atoms with Crippen molar-refractivity contribution in [2.45, 2.75) is 43.9 Å². The molecule has 3 rings (SSSR count). The van der Waals surface area contributed by atoms with Gasteiger partial charge >= 0.3 is 0 Å². The number of pyridine rings is 1. The molecule has 1 saturated heterocycles. The molecule has 0 spiro atoms. The summed E-state index contributed by atoms with van der Waals surface area (Å²) >= 11 is 0. The lowest BCUT2D eigenvalue weighted by Gasteiger charge is -2.18. The molecule has 0 unspecified atom stereocenters. The first kappa shape index (κ1) is 17.8. The summed E-state index contributed by atoms with van der Waals surface area (Å²) in [5.41, 5.74) is 0.872. The molecule has 0 bridgehead atoms. The minimum Gasteiger partial charge on any atom is -0.478 e. The van der Waals surface area contributed by atoms with Crippen molar-refractivity contribution in [3.63, 3.8) is 0 Å². The summed E-state index contributed by atoms with van der Waals surface area (Å²) in [6.45, 7) is 5.56. The van der Waals surface area contributed by atoms with Crippen LogP contribution in [0, 0.1) is 0 Å². The Balaban J connectivity index is 1.74. The van der Waals surface area contributed by atoms with Crippen LogP contribution in [0.15, 0.2) is 35.6 Å². The summed E-state index contributed by atoms with van der Waals surface area (Å²) in [4.78, 5) is 4.12. The van der Waals surface area contributed by atoms with Gasteiger partial charge in [-0.1, -0.05) is 0 Å². The number of aromatic nitrogens is 3. The molecule has 0 saturated carbocycles. The molecule has 25 heavy (non-hydrogen) atoms. The Labute approximate surface area is 147 Å². The molecule has 3 heterocycles. The second kappa shape index (κ2) is 7.51. The highest BCUT2D eigenvalue weighted by Crippen LogP contribution is 2.30. The Morgan fingerprint density at radius 2 is 2.20 bits per heavy atom. The second-order valence-corrected chi connectivity index (χ2v) is 7.42. The van der Waals surface area contributed by atoms with Gasteiger partial charge in [0.2, 0.25) is 15.9 Å². The summed E-state index contributed by atoms with van der Waals surface area (Å²) in [6.07, 6.45) is 5.17. The van der Waals surface area contributed by atoms with Crippen molar-refractivity contribution in [1.82, 2.24) is 19.5 Å². The van der Waals surface area contributed by atoms with Crippen molar-refractivity contribution in [2.24, 2.45) is 0 Å². The topological polar surface area (TPSA) is 95.3 Å². The van der Waals surface area contributed by atoms with Crippen LogP contribution in [0.5, 0.6) is 5.88 Å². The van der Waals surface area contributed by atoms with E-state index < -0.39 is 10.0 Å². The van der Waals surface area contributed by atoms with Gasteiger partial charge in [-0.05, 0) is 26.3 Å². The molecule has 1 N–H and O–H groups in total. The van der Waals surface area contributed by atoms with Gasteiger partial charge in [0.1, 0.15) is 11.0 Å². The van der Waals surface area contributed by atoms with Gasteiger partial charge < -0.3 is 9.47 Å². The first-order chi connectivity index (χ1) is 12.0. The summed E-state index contributed by atoms with van der Waals surface area (Å²) in [7, 11) is -3.69. The highest BCUT2D eigenvalue weighted by molar-refractivity contribution is 7.89. The molecule has 8 nitrogen and oxygen atoms in total. The van der Waals surface area contributed by atoms with E-state index in [1.807, 2.05) is 20.0 Å². The van der Waals surface area contributed by atoms with Gasteiger partial charge in [-0.3, -0.25) is 4.68 Å². The lowest BCUT2D eigenvalue weighted by Crippen LogP contribution is -2.36. The van der Waals surface area contributed by atoms with Gasteiger partial charge in [-0.15, -0.1) is 0 Å². The van der Waals surface area contributed by atoms with Crippen LogP contribution in [0.2, 0.25) is 0 Å². The molecule has 1 aliphatic heterocycles. The van der Waals surface area contributed by atoms with E-state index in [-0.39, 0.29) is 17.0 Å². The molecule has 136 valence electrons. The van der Waals surface area contributed by atoms with Crippen LogP contribution in [0.4, 0.5) is 0 Å². The molecule has 9 heteroatoms. The van der Waals surface area contributed by atoms with Crippen molar-refractivity contribution in [3.05, 3.63) is 36.3 Å². The number of nitrogens with one attached hydrogen (secondary N) is 1. The Bertz CT molecular complexity index is 804. The van der Waals surface area contributed by atoms with Gasteiger partial charge in [0.25, 0.3) is 0 Å². The molecule has 2 aromatic heterocycles. The van der Waals surface area contributed by atoms with Crippen molar-refractivity contribution in [3.8, 4) is 5.88 Å². The third-order valence-electron chi connectivity index (χ3n) is 4.02. The average Bonchev–Trinajstić information content (AvgIpc) is 3.24. The molecule has 0 aromatic carbocycles. The second-order valence-electron chi connectivity index (χ2n) is 5.70. The Kier molecular flexibility index (Phi) is 5.36. The van der Waals surface area contributed by atoms with E-state index in [1.165, 1.54) is 12.3 Å². The van der Waals surface area contributed by atoms with E-state index in [0.717, 1.165) is 12.1 Å². The number of hydrogen-bond acceptors (Lipinski definition) is 6. The number of rotatable bonds is 7. The lowest BCUT2D eigenvalue weighted by atomic mass is 10.1. The zero-order chi connectivity index (χ0) is 17.9. The zero-order valence-corrected chi connectivity index (χ0v) is 15.1. The maximum absolute atomic E-state index is 12.6. The molecular formula is C16H22N4O4S. The maximum Gasteiger partial charge on any atom is 0.242 e. The van der Waals surface area contributed by atoms with Gasteiger partial charge in [-0.25, -0.2) is 18.1 Å². The predicted molar refractivity (Wildman–Crippen MR) is 90.7 cm³/mol. The quantitative estimate of drug-likeness (QED) is 0.798. The van der Waals surface area contributed by atoms with E-state index in [9.17, 15) is 8.42 Å². The van der Waals surface area contributed by atoms with Crippen molar-refractivity contribution < 1.29 is 17.9 Å². The van der Waals surface area contributed by atoms with Crippen LogP contribution in [-0.2, 0) is 21.3 Å². The number of hydrogen-bond donors (Lipinski definition) is 1. The number of aryl methyl sites for hydroxylation is 1. The molecule has 2 aromatic rings. The molecule has 0 aliphatic carbocycles. The van der Waals surface area contributed by atoms with Crippen LogP contribution in [-0.4, -0.2) is 42.4 Å². The van der Waals surface area contributed by atoms with E-state index in [2.05, 4.69) is 14.8 Å². The molecule has 1 fully saturated rings. The van der Waals surface area contributed by atoms with E-state index >= 15 is 0 Å². The van der Waals surface area contributed by atoms with Gasteiger partial charge in [-0.2, -0.15) is 5.10 Å². The van der Waals surface area contributed by atoms with Gasteiger partial charge in [0, 0.05) is 31.0 Å². The molecule has 2 atom stereocenters. The van der Waals surface area contributed by atoms with Crippen LogP contribution < -0.4 is 9.46 Å². The lowest BCUT2D eigenvalue weighted by molar-refractivity contribution is 0.102. The third kappa shape index (κ3) is 4.00. The predicted octanol–water partition coefficient (Wildman–Crippen LogP) is 1.51. The van der Waals surface area contributed by atoms with Crippen molar-refractivity contribution in [1.29, 1.82) is 0 Å². The molecule has 1 aliphatic rings. The Hall–Kier alpha value is -1.97. The van der Waals surface area contributed by atoms with E-state index in [0.29, 0.717) is 25.5 Å². The SMILES string of the molecule is CCOc1ccc(S(=O)(=O)N[C@H]2CCO[C@@H]2c2cnn(CC)c2)cn1.